The van der Waals surface area contributed by atoms with Crippen LogP contribution in [0.25, 0.3) is 11.1 Å². The van der Waals surface area contributed by atoms with Crippen LogP contribution in [-0.4, -0.2) is 25.3 Å². The van der Waals surface area contributed by atoms with E-state index in [2.05, 4.69) is 118 Å². The van der Waals surface area contributed by atoms with E-state index in [-0.39, 0.29) is 34.6 Å². The third kappa shape index (κ3) is 4.27. The van der Waals surface area contributed by atoms with Crippen molar-refractivity contribution in [3.8, 4) is 11.1 Å². The van der Waals surface area contributed by atoms with Gasteiger partial charge >= 0.3 is 190 Å². The summed E-state index contributed by atoms with van der Waals surface area (Å²) in [7, 11) is -2.01. The van der Waals surface area contributed by atoms with E-state index in [4.69, 9.17) is 7.82 Å². The van der Waals surface area contributed by atoms with Gasteiger partial charge in [-0.1, -0.05) is 0 Å². The summed E-state index contributed by atoms with van der Waals surface area (Å²) in [6.07, 6.45) is 0. The number of nitrogens with one attached hydrogen (secondary N) is 1. The number of hydrogen-bond donors (Lipinski definition) is 1. The number of rotatable bonds is 6. The normalized spacial score (nSPS) is 17.5. The summed E-state index contributed by atoms with van der Waals surface area (Å²) >= 11 is -5.30. The molecular formula is C26H47Cl2NOSi2Ti. The van der Waals surface area contributed by atoms with E-state index >= 15 is 0 Å². The molecule has 0 aromatic heterocycles. The van der Waals surface area contributed by atoms with Gasteiger partial charge in [-0.2, -0.15) is 0 Å². The summed E-state index contributed by atoms with van der Waals surface area (Å²) in [6.45, 7) is 19.8. The predicted molar refractivity (Wildman–Crippen MR) is 158 cm³/mol. The minimum atomic E-state index is -5.30. The van der Waals surface area contributed by atoms with E-state index in [1.54, 1.807) is 0 Å². The minimum absolute atomic E-state index is 0. The molecule has 2 nitrogen and oxygen atoms in total. The molecule has 1 aliphatic carbocycles. The zero-order valence-electron chi connectivity index (χ0n) is 22.4. The van der Waals surface area contributed by atoms with Gasteiger partial charge in [0.2, 0.25) is 0 Å². The fourth-order valence-electron chi connectivity index (χ4n) is 7.63. The number of halogens is 2. The Bertz CT molecular complexity index is 1110. The number of fused-ring (bicyclic) bond motifs is 3. The van der Waals surface area contributed by atoms with Gasteiger partial charge in [0.05, 0.1) is 0 Å². The quantitative estimate of drug-likeness (QED) is 0.356. The van der Waals surface area contributed by atoms with Gasteiger partial charge < -0.3 is 0 Å². The first-order chi connectivity index (χ1) is 13.9. The fourth-order valence-corrected chi connectivity index (χ4v) is 55.9. The third-order valence-electron chi connectivity index (χ3n) is 9.14. The predicted octanol–water partition coefficient (Wildman–Crippen LogP) is 8.33. The molecule has 33 heavy (non-hydrogen) atoms. The Morgan fingerprint density at radius 1 is 0.939 bits per heavy atom. The van der Waals surface area contributed by atoms with Gasteiger partial charge in [0.25, 0.3) is 0 Å². The van der Waals surface area contributed by atoms with Crippen molar-refractivity contribution in [2.24, 2.45) is 0 Å². The van der Waals surface area contributed by atoms with Gasteiger partial charge in [-0.05, 0) is 0 Å². The van der Waals surface area contributed by atoms with E-state index in [1.807, 2.05) is 0 Å². The van der Waals surface area contributed by atoms with Crippen molar-refractivity contribution in [1.29, 1.82) is 0 Å². The zero-order valence-corrected chi connectivity index (χ0v) is 27.8. The maximum absolute atomic E-state index is 7.93. The second-order valence-electron chi connectivity index (χ2n) is 13.9. The summed E-state index contributed by atoms with van der Waals surface area (Å²) in [5.41, 5.74) is 5.42. The molecule has 0 radical (unpaired) electrons. The van der Waals surface area contributed by atoms with Gasteiger partial charge in [-0.15, -0.1) is 24.8 Å². The van der Waals surface area contributed by atoms with E-state index < -0.39 is 27.2 Å². The number of benzene rings is 2. The Hall–Kier alpha value is -0.0419. The molecule has 0 saturated heterocycles. The van der Waals surface area contributed by atoms with Gasteiger partial charge in [-0.3, -0.25) is 0 Å². The van der Waals surface area contributed by atoms with Crippen LogP contribution in [-0.2, 0) is 15.2 Å². The van der Waals surface area contributed by atoms with Crippen molar-refractivity contribution >= 4 is 44.6 Å². The standard InChI is InChI=1S/C13H9.C4H10N.C3H9OSi.C2H7Si.C2H5.CH3.CH2.2ClH.Ti/c1-3-7-12-10(5-1)9-11-6-2-4-8-13(11)12;1-4(2,3)5;1-5(2,3)4;1-3-2;1-2;;;;;/h1-9H;5H,1-3H3;1-3H3;3H,1-2H3;1H2,2H3;1H3;1H2;2*1H;/q;2*-1;;;;;;;+2. The van der Waals surface area contributed by atoms with E-state index in [0.29, 0.717) is 0 Å². The van der Waals surface area contributed by atoms with E-state index in [0.717, 1.165) is 4.73 Å². The van der Waals surface area contributed by atoms with Crippen LogP contribution < -0.4 is 3.80 Å². The Morgan fingerprint density at radius 2 is 1.33 bits per heavy atom. The van der Waals surface area contributed by atoms with Gasteiger partial charge in [0, 0.05) is 0 Å². The molecule has 1 aliphatic rings. The molecule has 1 N–H and O–H groups in total. The van der Waals surface area contributed by atoms with Gasteiger partial charge in [0.1, 0.15) is 0 Å². The van der Waals surface area contributed by atoms with Crippen LogP contribution in [0.4, 0.5) is 0 Å². The second-order valence-corrected chi connectivity index (χ2v) is 52.0. The molecule has 3 rings (SSSR count). The van der Waals surface area contributed by atoms with Crippen molar-refractivity contribution < 1.29 is 15.2 Å². The van der Waals surface area contributed by atoms with E-state index in [9.17, 15) is 0 Å². The Balaban J connectivity index is 0.00000272. The average Bonchev–Trinajstić information content (AvgIpc) is 2.95. The maximum atomic E-state index is 7.93. The molecule has 0 aliphatic heterocycles. The average molecular weight is 565 g/mol. The molecule has 0 bridgehead atoms. The van der Waals surface area contributed by atoms with Crippen LogP contribution in [0.3, 0.4) is 0 Å². The summed E-state index contributed by atoms with van der Waals surface area (Å²) in [4.78, 5) is 5.57. The topological polar surface area (TPSA) is 21.3 Å². The van der Waals surface area contributed by atoms with Crippen molar-refractivity contribution in [2.45, 2.75) is 80.1 Å². The second kappa shape index (κ2) is 7.98. The zero-order chi connectivity index (χ0) is 23.6. The molecule has 0 heterocycles. The third-order valence-corrected chi connectivity index (χ3v) is 59.4. The molecule has 0 unspecified atom stereocenters. The molecule has 0 atom stereocenters. The molecule has 188 valence electrons. The van der Waals surface area contributed by atoms with E-state index in [1.165, 1.54) is 22.3 Å². The van der Waals surface area contributed by atoms with Crippen LogP contribution >= 0.6 is 24.8 Å². The first-order valence-corrected chi connectivity index (χ1v) is 27.1. The molecule has 0 spiro atoms. The van der Waals surface area contributed by atoms with Crippen molar-refractivity contribution in [3.63, 3.8) is 0 Å². The fraction of sp³-hybridized carbons (Fsp3) is 0.500. The molecule has 2 aromatic rings. The first-order valence-electron chi connectivity index (χ1n) is 12.0. The molecular weight excluding hydrogens is 517 g/mol. The molecule has 0 amide bonds. The van der Waals surface area contributed by atoms with Crippen molar-refractivity contribution in [1.82, 2.24) is 3.80 Å². The van der Waals surface area contributed by atoms with Crippen LogP contribution in [0.1, 0.15) is 43.0 Å². The first kappa shape index (κ1) is 31.0. The Kier molecular flexibility index (Phi) is 7.49. The summed E-state index contributed by atoms with van der Waals surface area (Å²) < 4.78 is 13.5. The van der Waals surface area contributed by atoms with Crippen LogP contribution in [0, 0.1) is 0 Å². The Labute approximate surface area is 213 Å². The van der Waals surface area contributed by atoms with Crippen LogP contribution in [0.5, 0.6) is 0 Å². The SMILES string of the molecule is Cl.Cl.[CH2]=[Ti]([CH3])([CH2]C)([NH]C(C)(C)C)([O][Si](C)(C)C)([CH]1c2ccccc2-c2ccccc21)[SiH](C)C. The number of hydrogen-bond acceptors (Lipinski definition) is 2. The molecule has 0 fully saturated rings. The van der Waals surface area contributed by atoms with Crippen LogP contribution in [0.2, 0.25) is 42.7 Å². The summed E-state index contributed by atoms with van der Waals surface area (Å²) in [5, 5.41) is 2.56. The molecule has 0 saturated carbocycles. The monoisotopic (exact) mass is 563 g/mol. The van der Waals surface area contributed by atoms with Gasteiger partial charge in [0.15, 0.2) is 0 Å². The van der Waals surface area contributed by atoms with Crippen molar-refractivity contribution in [3.05, 3.63) is 59.7 Å². The van der Waals surface area contributed by atoms with Gasteiger partial charge in [-0.25, -0.2) is 0 Å². The summed E-state index contributed by atoms with van der Waals surface area (Å²) in [5.74, 6) is 0. The summed E-state index contributed by atoms with van der Waals surface area (Å²) in [6, 6.07) is 18.0. The molecule has 7 heteroatoms. The molecule has 2 aromatic carbocycles. The van der Waals surface area contributed by atoms with Crippen molar-refractivity contribution in [2.75, 3.05) is 0 Å². The van der Waals surface area contributed by atoms with Crippen LogP contribution in [0.15, 0.2) is 48.5 Å². The Morgan fingerprint density at radius 3 is 1.64 bits per heavy atom.